The molecule has 0 saturated carbocycles. The van der Waals surface area contributed by atoms with Gasteiger partial charge in [0.15, 0.2) is 18.1 Å². The summed E-state index contributed by atoms with van der Waals surface area (Å²) in [6.45, 7) is 6.18. The first-order valence-corrected chi connectivity index (χ1v) is 11.9. The average Bonchev–Trinajstić information content (AvgIpc) is 2.98. The minimum absolute atomic E-state index is 0.110. The van der Waals surface area contributed by atoms with Gasteiger partial charge in [-0.2, -0.15) is 0 Å². The second kappa shape index (κ2) is 10.5. The third kappa shape index (κ3) is 5.70. The van der Waals surface area contributed by atoms with Crippen LogP contribution in [0.5, 0.6) is 11.5 Å². The molecule has 2 aromatic rings. The number of anilines is 1. The normalized spacial score (nSPS) is 14.8. The van der Waals surface area contributed by atoms with Gasteiger partial charge >= 0.3 is 0 Å². The van der Waals surface area contributed by atoms with E-state index in [4.69, 9.17) is 21.7 Å². The molecule has 1 N–H and O–H groups in total. The van der Waals surface area contributed by atoms with Crippen molar-refractivity contribution in [3.63, 3.8) is 0 Å². The zero-order valence-electron chi connectivity index (χ0n) is 18.2. The summed E-state index contributed by atoms with van der Waals surface area (Å²) in [7, 11) is 1.52. The summed E-state index contributed by atoms with van der Waals surface area (Å²) >= 11 is 10.0. The van der Waals surface area contributed by atoms with E-state index in [1.54, 1.807) is 23.1 Å². The lowest BCUT2D eigenvalue weighted by atomic mass is 10.1. The van der Waals surface area contributed by atoms with Gasteiger partial charge in [0.25, 0.3) is 11.8 Å². The Morgan fingerprint density at radius 3 is 2.50 bits per heavy atom. The zero-order valence-corrected chi connectivity index (χ0v) is 21.4. The molecule has 1 saturated heterocycles. The van der Waals surface area contributed by atoms with E-state index in [0.717, 1.165) is 22.4 Å². The molecule has 1 heterocycles. The number of likely N-dealkylation sites (N-methyl/N-ethyl adjacent to an activating group) is 1. The Morgan fingerprint density at radius 2 is 1.91 bits per heavy atom. The smallest absolute Gasteiger partial charge is 0.266 e. The highest BCUT2D eigenvalue weighted by molar-refractivity contribution is 9.10. The van der Waals surface area contributed by atoms with Crippen LogP contribution in [0.3, 0.4) is 0 Å². The molecule has 0 spiro atoms. The Labute approximate surface area is 205 Å². The van der Waals surface area contributed by atoms with Gasteiger partial charge in [0.2, 0.25) is 0 Å². The second-order valence-corrected chi connectivity index (χ2v) is 9.70. The fourth-order valence-corrected chi connectivity index (χ4v) is 5.23. The third-order valence-corrected chi connectivity index (χ3v) is 6.56. The highest BCUT2D eigenvalue weighted by Gasteiger charge is 2.30. The Morgan fingerprint density at radius 1 is 1.22 bits per heavy atom. The molecule has 0 unspecified atom stereocenters. The Kier molecular flexibility index (Phi) is 7.97. The number of rotatable bonds is 7. The fraction of sp³-hybridized carbons (Fsp3) is 0.261. The molecular formula is C23H23BrN2O4S2. The molecule has 1 aliphatic rings. The Hall–Kier alpha value is -2.36. The average molecular weight is 535 g/mol. The van der Waals surface area contributed by atoms with E-state index < -0.39 is 0 Å². The minimum atomic E-state index is -0.281. The van der Waals surface area contributed by atoms with E-state index in [2.05, 4.69) is 21.2 Å². The molecule has 0 radical (unpaired) electrons. The van der Waals surface area contributed by atoms with Gasteiger partial charge in [-0.1, -0.05) is 30.0 Å². The van der Waals surface area contributed by atoms with Crippen LogP contribution >= 0.6 is 39.9 Å². The molecule has 9 heteroatoms. The number of nitrogens with zero attached hydrogens (tertiary/aromatic N) is 1. The van der Waals surface area contributed by atoms with Crippen molar-refractivity contribution in [3.8, 4) is 11.5 Å². The number of thiocarbonyl (C=S) groups is 1. The van der Waals surface area contributed by atoms with E-state index in [0.29, 0.717) is 31.7 Å². The van der Waals surface area contributed by atoms with Gasteiger partial charge in [-0.25, -0.2) is 0 Å². The van der Waals surface area contributed by atoms with Gasteiger partial charge in [0.1, 0.15) is 4.32 Å². The van der Waals surface area contributed by atoms with Crippen LogP contribution in [-0.2, 0) is 9.59 Å². The van der Waals surface area contributed by atoms with Crippen LogP contribution in [-0.4, -0.2) is 41.3 Å². The maximum atomic E-state index is 12.5. The minimum Gasteiger partial charge on any atom is -0.493 e. The first-order chi connectivity index (χ1) is 15.2. The molecule has 1 fully saturated rings. The molecule has 168 valence electrons. The summed E-state index contributed by atoms with van der Waals surface area (Å²) in [5.74, 6) is 0.453. The molecule has 2 amide bonds. The first-order valence-electron chi connectivity index (χ1n) is 9.85. The second-order valence-electron chi connectivity index (χ2n) is 7.17. The zero-order chi connectivity index (χ0) is 23.4. The number of thioether (sulfide) groups is 1. The summed E-state index contributed by atoms with van der Waals surface area (Å²) < 4.78 is 12.4. The van der Waals surface area contributed by atoms with Crippen molar-refractivity contribution in [1.82, 2.24) is 4.90 Å². The number of carbonyl (C=O) groups is 2. The van der Waals surface area contributed by atoms with Crippen molar-refractivity contribution in [3.05, 3.63) is 56.4 Å². The summed E-state index contributed by atoms with van der Waals surface area (Å²) in [4.78, 5) is 27.0. The third-order valence-electron chi connectivity index (χ3n) is 4.59. The van der Waals surface area contributed by atoms with Gasteiger partial charge in [-0.15, -0.1) is 0 Å². The molecule has 3 rings (SSSR count). The molecule has 0 bridgehead atoms. The lowest BCUT2D eigenvalue weighted by molar-refractivity contribution is -0.122. The summed E-state index contributed by atoms with van der Waals surface area (Å²) in [5, 5.41) is 2.84. The number of aryl methyl sites for hydroxylation is 2. The number of hydrogen-bond donors (Lipinski definition) is 1. The molecule has 0 aliphatic carbocycles. The van der Waals surface area contributed by atoms with Crippen LogP contribution in [0, 0.1) is 13.8 Å². The van der Waals surface area contributed by atoms with E-state index in [1.807, 2.05) is 39.0 Å². The van der Waals surface area contributed by atoms with Crippen molar-refractivity contribution in [1.29, 1.82) is 0 Å². The van der Waals surface area contributed by atoms with Crippen molar-refractivity contribution < 1.29 is 19.1 Å². The number of nitrogens with one attached hydrogen (secondary N) is 1. The van der Waals surface area contributed by atoms with Gasteiger partial charge in [-0.05, 0) is 83.7 Å². The first kappa shape index (κ1) is 24.3. The predicted octanol–water partition coefficient (Wildman–Crippen LogP) is 5.31. The van der Waals surface area contributed by atoms with Crippen molar-refractivity contribution in [2.45, 2.75) is 20.8 Å². The van der Waals surface area contributed by atoms with Gasteiger partial charge < -0.3 is 14.8 Å². The van der Waals surface area contributed by atoms with E-state index in [-0.39, 0.29) is 18.4 Å². The number of benzene rings is 2. The molecule has 32 heavy (non-hydrogen) atoms. The number of carbonyl (C=O) groups excluding carboxylic acids is 2. The van der Waals surface area contributed by atoms with E-state index in [1.165, 1.54) is 18.9 Å². The largest absolute Gasteiger partial charge is 0.493 e. The van der Waals surface area contributed by atoms with Gasteiger partial charge in [0, 0.05) is 12.2 Å². The van der Waals surface area contributed by atoms with Crippen LogP contribution in [0.2, 0.25) is 0 Å². The lowest BCUT2D eigenvalue weighted by Gasteiger charge is -2.14. The molecule has 6 nitrogen and oxygen atoms in total. The topological polar surface area (TPSA) is 67.9 Å². The van der Waals surface area contributed by atoms with Crippen molar-refractivity contribution >= 4 is 67.8 Å². The standard InChI is InChI=1S/C23H23BrN2O4S2/c1-5-26-22(28)19(32-23(26)31)11-15-9-17(24)21(18(10-15)29-4)30-12-20(27)25-16-7-13(2)6-14(3)8-16/h6-11H,5,12H2,1-4H3,(H,25,27)/b19-11-. The fourth-order valence-electron chi connectivity index (χ4n) is 3.27. The predicted molar refractivity (Wildman–Crippen MR) is 136 cm³/mol. The number of ether oxygens (including phenoxy) is 2. The van der Waals surface area contributed by atoms with Gasteiger partial charge in [0.05, 0.1) is 16.5 Å². The highest BCUT2D eigenvalue weighted by Crippen LogP contribution is 2.39. The molecular weight excluding hydrogens is 512 g/mol. The number of hydrogen-bond acceptors (Lipinski definition) is 6. The quantitative estimate of drug-likeness (QED) is 0.383. The van der Waals surface area contributed by atoms with Crippen molar-refractivity contribution in [2.24, 2.45) is 0 Å². The Balaban J connectivity index is 1.74. The van der Waals surface area contributed by atoms with E-state index >= 15 is 0 Å². The maximum absolute atomic E-state index is 12.5. The molecule has 2 aromatic carbocycles. The summed E-state index contributed by atoms with van der Waals surface area (Å²) in [5.41, 5.74) is 3.60. The number of methoxy groups -OCH3 is 1. The number of halogens is 1. The monoisotopic (exact) mass is 534 g/mol. The maximum Gasteiger partial charge on any atom is 0.266 e. The number of amides is 2. The summed E-state index contributed by atoms with van der Waals surface area (Å²) in [6.07, 6.45) is 1.76. The molecule has 0 aromatic heterocycles. The summed E-state index contributed by atoms with van der Waals surface area (Å²) in [6, 6.07) is 9.39. The van der Waals surface area contributed by atoms with Crippen molar-refractivity contribution in [2.75, 3.05) is 25.6 Å². The van der Waals surface area contributed by atoms with E-state index in [9.17, 15) is 9.59 Å². The lowest BCUT2D eigenvalue weighted by Crippen LogP contribution is -2.27. The van der Waals surface area contributed by atoms with Crippen LogP contribution in [0.4, 0.5) is 5.69 Å². The molecule has 1 aliphatic heterocycles. The molecule has 0 atom stereocenters. The van der Waals surface area contributed by atoms with Crippen LogP contribution in [0.25, 0.3) is 6.08 Å². The Bertz CT molecular complexity index is 1100. The van der Waals surface area contributed by atoms with Crippen LogP contribution in [0.15, 0.2) is 39.7 Å². The van der Waals surface area contributed by atoms with Crippen LogP contribution < -0.4 is 14.8 Å². The van der Waals surface area contributed by atoms with Crippen LogP contribution in [0.1, 0.15) is 23.6 Å². The highest BCUT2D eigenvalue weighted by atomic mass is 79.9. The van der Waals surface area contributed by atoms with Gasteiger partial charge in [-0.3, -0.25) is 14.5 Å². The SMILES string of the molecule is CCN1C(=O)/C(=C/c2cc(Br)c(OCC(=O)Nc3cc(C)cc(C)c3)c(OC)c2)SC1=S.